The normalized spacial score (nSPS) is 12.0. The van der Waals surface area contributed by atoms with Crippen LogP contribution < -0.4 is 0 Å². The van der Waals surface area contributed by atoms with Crippen LogP contribution in [-0.2, 0) is 36.6 Å². The molecule has 0 aliphatic carbocycles. The zero-order valence-corrected chi connectivity index (χ0v) is 39.5. The second kappa shape index (κ2) is 20.2. The Morgan fingerprint density at radius 1 is 0.493 bits per heavy atom. The van der Waals surface area contributed by atoms with Crippen LogP contribution in [0.5, 0.6) is 0 Å². The summed E-state index contributed by atoms with van der Waals surface area (Å²) in [6, 6.07) is 69.6. The largest absolute Gasteiger partial charge is 0.466 e. The summed E-state index contributed by atoms with van der Waals surface area (Å²) in [5, 5.41) is 27.7. The maximum Gasteiger partial charge on any atom is 0.351 e. The number of rotatable bonds is 15. The molecule has 2 heterocycles. The van der Waals surface area contributed by atoms with Crippen molar-refractivity contribution in [3.05, 3.63) is 273 Å². The van der Waals surface area contributed by atoms with Gasteiger partial charge in [-0.3, -0.25) is 4.79 Å². The van der Waals surface area contributed by atoms with Crippen molar-refractivity contribution in [2.24, 2.45) is 0 Å². The van der Waals surface area contributed by atoms with Gasteiger partial charge in [-0.25, -0.2) is 14.2 Å². The van der Waals surface area contributed by atoms with E-state index in [-0.39, 0.29) is 22.8 Å². The molecule has 10 aromatic rings. The highest BCUT2D eigenvalue weighted by atomic mass is 35.5. The number of benzene rings is 8. The second-order valence-corrected chi connectivity index (χ2v) is 17.4. The van der Waals surface area contributed by atoms with Crippen LogP contribution in [0.2, 0.25) is 10.0 Å². The number of hydrogen-bond donors (Lipinski definition) is 0. The van der Waals surface area contributed by atoms with Crippen LogP contribution in [0.3, 0.4) is 0 Å². The Balaban J connectivity index is 1.08. The molecule has 12 nitrogen and oxygen atoms in total. The van der Waals surface area contributed by atoms with Crippen molar-refractivity contribution >= 4 is 35.1 Å². The molecule has 0 aliphatic rings. The van der Waals surface area contributed by atoms with Gasteiger partial charge in [0.25, 0.3) is 0 Å². The fraction of sp³-hybridized carbons (Fsp3) is 0.0877. The maximum absolute atomic E-state index is 14.6. The Morgan fingerprint density at radius 2 is 0.845 bits per heavy atom. The Labute approximate surface area is 419 Å². The molecule has 0 spiro atoms. The van der Waals surface area contributed by atoms with Gasteiger partial charge in [0.05, 0.1) is 13.5 Å². The second-order valence-electron chi connectivity index (χ2n) is 16.5. The quantitative estimate of drug-likeness (QED) is 0.0720. The highest BCUT2D eigenvalue weighted by Gasteiger charge is 2.44. The number of aromatic nitrogens is 8. The number of esters is 2. The lowest BCUT2D eigenvalue weighted by Crippen LogP contribution is -2.39. The van der Waals surface area contributed by atoms with Gasteiger partial charge in [-0.15, -0.1) is 10.2 Å². The minimum atomic E-state index is -1.64. The van der Waals surface area contributed by atoms with Crippen LogP contribution in [0.1, 0.15) is 50.6 Å². The van der Waals surface area contributed by atoms with Crippen LogP contribution in [-0.4, -0.2) is 59.5 Å². The summed E-state index contributed by atoms with van der Waals surface area (Å²) < 4.78 is 15.1. The lowest BCUT2D eigenvalue weighted by molar-refractivity contribution is -0.166. The number of methoxy groups -OCH3 is 1. The molecule has 71 heavy (non-hydrogen) atoms. The average Bonchev–Trinajstić information content (AvgIpc) is 4.12. The third kappa shape index (κ3) is 8.53. The summed E-state index contributed by atoms with van der Waals surface area (Å²) in [5.74, 6) is -1.06. The molecule has 10 rings (SSSR count). The molecule has 0 N–H and O–H groups in total. The van der Waals surface area contributed by atoms with E-state index in [9.17, 15) is 9.59 Å². The van der Waals surface area contributed by atoms with E-state index in [1.807, 2.05) is 182 Å². The zero-order chi connectivity index (χ0) is 48.8. The van der Waals surface area contributed by atoms with Crippen LogP contribution >= 0.6 is 23.2 Å². The van der Waals surface area contributed by atoms with Crippen molar-refractivity contribution in [3.8, 4) is 22.8 Å². The van der Waals surface area contributed by atoms with E-state index < -0.39 is 29.1 Å². The van der Waals surface area contributed by atoms with Gasteiger partial charge in [0, 0.05) is 26.7 Å². The highest BCUT2D eigenvalue weighted by molar-refractivity contribution is 6.31. The van der Waals surface area contributed by atoms with Gasteiger partial charge in [0.1, 0.15) is 11.1 Å². The van der Waals surface area contributed by atoms with Gasteiger partial charge in [0.2, 0.25) is 6.10 Å². The minimum absolute atomic E-state index is 0.186. The monoisotopic (exact) mass is 972 g/mol. The first-order chi connectivity index (χ1) is 34.8. The molecule has 8 aromatic carbocycles. The topological polar surface area (TPSA) is 140 Å². The molecule has 0 amide bonds. The number of carbonyl (C=O) groups is 2. The molecule has 0 fully saturated rings. The van der Waals surface area contributed by atoms with Crippen LogP contribution in [0.15, 0.2) is 218 Å². The van der Waals surface area contributed by atoms with Crippen molar-refractivity contribution in [2.45, 2.75) is 23.6 Å². The maximum atomic E-state index is 14.6. The van der Waals surface area contributed by atoms with Gasteiger partial charge >= 0.3 is 11.9 Å². The number of carbonyl (C=O) groups excluding carboxylic acids is 2. The summed E-state index contributed by atoms with van der Waals surface area (Å²) in [6.07, 6.45) is -2.00. The molecule has 348 valence electrons. The standard InChI is InChI=1S/C57H42Cl2N8O4/c1-70-55(69)52(50-38-47(59)33-35-49(50)54-61-63-65-67(54)57(43-26-14-5-15-27-43,44-28-16-6-17-29-44)45-30-18-7-19-31-45)71-51(68)37-39-36-46(58)32-34-48(39)53-60-62-64-66(53)56(40-20-8-2-9-21-40,41-22-10-3-11-23-41)42-24-12-4-13-25-42/h2-36,38,52H,37H2,1H3. The molecule has 14 heteroatoms. The SMILES string of the molecule is COC(=O)C(OC(=O)Cc1cc(Cl)ccc1-c1nnnn1C(c1ccccc1)(c1ccccc1)c1ccccc1)c1cc(Cl)ccc1-c1nnnn1C(c1ccccc1)(c1ccccc1)c1ccccc1. The Bertz CT molecular complexity index is 3240. The van der Waals surface area contributed by atoms with Gasteiger partial charge in [0.15, 0.2) is 11.6 Å². The van der Waals surface area contributed by atoms with Gasteiger partial charge in [-0.1, -0.05) is 205 Å². The summed E-state index contributed by atoms with van der Waals surface area (Å²) in [7, 11) is 1.22. The first-order valence-electron chi connectivity index (χ1n) is 22.6. The fourth-order valence-corrected chi connectivity index (χ4v) is 9.90. The zero-order valence-electron chi connectivity index (χ0n) is 38.0. The lowest BCUT2D eigenvalue weighted by Gasteiger charge is -2.36. The van der Waals surface area contributed by atoms with Crippen molar-refractivity contribution in [3.63, 3.8) is 0 Å². The number of hydrogen-bond acceptors (Lipinski definition) is 10. The van der Waals surface area contributed by atoms with Crippen LogP contribution in [0.4, 0.5) is 0 Å². The Kier molecular flexibility index (Phi) is 13.1. The number of halogens is 2. The average molecular weight is 974 g/mol. The lowest BCUT2D eigenvalue weighted by atomic mass is 9.77. The first-order valence-corrected chi connectivity index (χ1v) is 23.4. The highest BCUT2D eigenvalue weighted by Crippen LogP contribution is 2.45. The van der Waals surface area contributed by atoms with E-state index in [2.05, 4.69) is 20.6 Å². The minimum Gasteiger partial charge on any atom is -0.466 e. The smallest absolute Gasteiger partial charge is 0.351 e. The predicted molar refractivity (Wildman–Crippen MR) is 270 cm³/mol. The molecule has 0 radical (unpaired) electrons. The van der Waals surface area contributed by atoms with E-state index >= 15 is 0 Å². The van der Waals surface area contributed by atoms with E-state index in [0.717, 1.165) is 33.4 Å². The third-order valence-electron chi connectivity index (χ3n) is 12.6. The van der Waals surface area contributed by atoms with E-state index in [4.69, 9.17) is 43.1 Å². The summed E-state index contributed by atoms with van der Waals surface area (Å²) >= 11 is 13.5. The van der Waals surface area contributed by atoms with E-state index in [0.29, 0.717) is 27.5 Å². The Morgan fingerprint density at radius 3 is 1.23 bits per heavy atom. The summed E-state index contributed by atoms with van der Waals surface area (Å²) in [6.45, 7) is 0. The molecule has 0 saturated carbocycles. The van der Waals surface area contributed by atoms with Crippen LogP contribution in [0, 0.1) is 0 Å². The third-order valence-corrected chi connectivity index (χ3v) is 13.0. The van der Waals surface area contributed by atoms with E-state index in [1.54, 1.807) is 45.8 Å². The molecule has 0 bridgehead atoms. The van der Waals surface area contributed by atoms with E-state index in [1.165, 1.54) is 7.11 Å². The Hall–Kier alpha value is -8.58. The van der Waals surface area contributed by atoms with Crippen molar-refractivity contribution in [1.82, 2.24) is 40.4 Å². The fourth-order valence-electron chi connectivity index (χ4n) is 9.53. The molecular formula is C57H42Cl2N8O4. The molecule has 0 aliphatic heterocycles. The van der Waals surface area contributed by atoms with Crippen LogP contribution in [0.25, 0.3) is 22.8 Å². The first kappa shape index (κ1) is 46.2. The van der Waals surface area contributed by atoms with Crippen molar-refractivity contribution in [1.29, 1.82) is 0 Å². The summed E-state index contributed by atoms with van der Waals surface area (Å²) in [4.78, 5) is 28.7. The molecule has 0 saturated heterocycles. The molecule has 1 unspecified atom stereocenters. The molecule has 2 aromatic heterocycles. The van der Waals surface area contributed by atoms with Crippen molar-refractivity contribution in [2.75, 3.05) is 7.11 Å². The number of ether oxygens (including phenoxy) is 2. The molecular weight excluding hydrogens is 932 g/mol. The van der Waals surface area contributed by atoms with Gasteiger partial charge < -0.3 is 9.47 Å². The van der Waals surface area contributed by atoms with Gasteiger partial charge in [-0.05, 0) is 96.2 Å². The van der Waals surface area contributed by atoms with Gasteiger partial charge in [-0.2, -0.15) is 0 Å². The summed E-state index contributed by atoms with van der Waals surface area (Å²) in [5.41, 5.74) is 4.47. The molecule has 1 atom stereocenters. The van der Waals surface area contributed by atoms with Crippen molar-refractivity contribution < 1.29 is 19.1 Å². The number of nitrogens with zero attached hydrogens (tertiary/aromatic N) is 8. The number of tetrazole rings is 2. The predicted octanol–water partition coefficient (Wildman–Crippen LogP) is 11.0.